The van der Waals surface area contributed by atoms with Crippen molar-refractivity contribution < 1.29 is 13.2 Å². The average Bonchev–Trinajstić information content (AvgIpc) is 3.53. The van der Waals surface area contributed by atoms with E-state index < -0.39 is 9.84 Å². The second kappa shape index (κ2) is 13.9. The van der Waals surface area contributed by atoms with Crippen LogP contribution in [-0.4, -0.2) is 71.1 Å². The highest BCUT2D eigenvalue weighted by molar-refractivity contribution is 7.91. The lowest BCUT2D eigenvalue weighted by Crippen LogP contribution is -2.48. The topological polar surface area (TPSA) is 109 Å². The monoisotopic (exact) mass is 652 g/mol. The second-order valence-electron chi connectivity index (χ2n) is 11.3. The van der Waals surface area contributed by atoms with E-state index in [1.807, 2.05) is 53.6 Å². The number of nitrogens with zero attached hydrogens (tertiary/aromatic N) is 6. The molecule has 0 aliphatic carbocycles. The highest BCUT2D eigenvalue weighted by Crippen LogP contribution is 2.36. The van der Waals surface area contributed by atoms with E-state index >= 15 is 0 Å². The molecule has 2 aromatic carbocycles. The number of aryl methyl sites for hydroxylation is 2. The minimum atomic E-state index is -3.38. The van der Waals surface area contributed by atoms with Gasteiger partial charge in [0.15, 0.2) is 9.84 Å². The minimum Gasteiger partial charge on any atom is -0.353 e. The molecule has 236 valence electrons. The quantitative estimate of drug-likeness (QED) is 0.195. The maximum absolute atomic E-state index is 12.9. The molecule has 0 bridgehead atoms. The molecule has 9 nitrogen and oxygen atoms in total. The molecule has 1 saturated heterocycles. The van der Waals surface area contributed by atoms with Crippen LogP contribution < -0.4 is 4.90 Å². The lowest BCUT2D eigenvalue weighted by Gasteiger charge is -2.34. The van der Waals surface area contributed by atoms with Gasteiger partial charge < -0.3 is 9.80 Å². The van der Waals surface area contributed by atoms with Gasteiger partial charge in [0.2, 0.25) is 5.91 Å². The average molecular weight is 653 g/mol. The summed E-state index contributed by atoms with van der Waals surface area (Å²) in [6.07, 6.45) is 5.41. The standard InChI is InChI=1S/C35H36N6O3S2/c1-3-33-39-34(28-9-7-8-26(22-28)15-21-46(43,44)29-10-5-4-6-11-29)35(45-33)30-14-16-36-31(38-30)23-27-12-13-32(37-24-27)41-19-17-40(18-20-41)25(2)42/h4-14,16,22,24H,3,15,17-21,23H2,1-2H3. The van der Waals surface area contributed by atoms with Crippen molar-refractivity contribution >= 4 is 32.9 Å². The Morgan fingerprint density at radius 3 is 2.41 bits per heavy atom. The highest BCUT2D eigenvalue weighted by atomic mass is 32.2. The van der Waals surface area contributed by atoms with E-state index in [9.17, 15) is 13.2 Å². The first kappa shape index (κ1) is 31.5. The first-order valence-corrected chi connectivity index (χ1v) is 17.9. The summed E-state index contributed by atoms with van der Waals surface area (Å²) in [4.78, 5) is 36.2. The van der Waals surface area contributed by atoms with Crippen LogP contribution in [0.3, 0.4) is 0 Å². The number of carbonyl (C=O) groups is 1. The summed E-state index contributed by atoms with van der Waals surface area (Å²) in [5, 5.41) is 1.01. The number of amides is 1. The van der Waals surface area contributed by atoms with Crippen LogP contribution in [0.15, 0.2) is 90.1 Å². The summed E-state index contributed by atoms with van der Waals surface area (Å²) in [7, 11) is -3.38. The van der Waals surface area contributed by atoms with Crippen molar-refractivity contribution in [1.29, 1.82) is 0 Å². The molecule has 11 heteroatoms. The Kier molecular flexibility index (Phi) is 9.51. The highest BCUT2D eigenvalue weighted by Gasteiger charge is 2.20. The Balaban J connectivity index is 1.18. The summed E-state index contributed by atoms with van der Waals surface area (Å²) < 4.78 is 25.8. The fourth-order valence-electron chi connectivity index (χ4n) is 5.51. The first-order chi connectivity index (χ1) is 22.3. The van der Waals surface area contributed by atoms with Crippen molar-refractivity contribution in [2.45, 2.75) is 38.0 Å². The maximum atomic E-state index is 12.9. The van der Waals surface area contributed by atoms with Crippen molar-refractivity contribution in [1.82, 2.24) is 24.8 Å². The van der Waals surface area contributed by atoms with E-state index in [1.54, 1.807) is 48.7 Å². The van der Waals surface area contributed by atoms with Crippen LogP contribution in [0, 0.1) is 0 Å². The third-order valence-corrected chi connectivity index (χ3v) is 11.0. The zero-order valence-corrected chi connectivity index (χ0v) is 27.6. The molecule has 46 heavy (non-hydrogen) atoms. The van der Waals surface area contributed by atoms with Crippen LogP contribution in [0.4, 0.5) is 5.82 Å². The third kappa shape index (κ3) is 7.32. The van der Waals surface area contributed by atoms with E-state index in [0.717, 1.165) is 63.3 Å². The largest absolute Gasteiger partial charge is 0.353 e. The molecule has 5 aromatic rings. The van der Waals surface area contributed by atoms with Gasteiger partial charge in [-0.05, 0) is 54.3 Å². The smallest absolute Gasteiger partial charge is 0.219 e. The predicted octanol–water partition coefficient (Wildman–Crippen LogP) is 5.50. The Hall–Kier alpha value is -4.48. The number of benzene rings is 2. The lowest BCUT2D eigenvalue weighted by atomic mass is 10.0. The van der Waals surface area contributed by atoms with E-state index in [0.29, 0.717) is 36.7 Å². The molecule has 1 fully saturated rings. The first-order valence-electron chi connectivity index (χ1n) is 15.4. The molecule has 6 rings (SSSR count). The summed E-state index contributed by atoms with van der Waals surface area (Å²) in [6.45, 7) is 6.65. The second-order valence-corrected chi connectivity index (χ2v) is 14.5. The van der Waals surface area contributed by atoms with Crippen LogP contribution in [0.5, 0.6) is 0 Å². The van der Waals surface area contributed by atoms with Crippen molar-refractivity contribution in [3.8, 4) is 21.8 Å². The summed E-state index contributed by atoms with van der Waals surface area (Å²) in [5.41, 5.74) is 4.54. The molecule has 0 atom stereocenters. The van der Waals surface area contributed by atoms with Gasteiger partial charge in [-0.1, -0.05) is 49.4 Å². The number of pyridine rings is 1. The van der Waals surface area contributed by atoms with Gasteiger partial charge in [0.1, 0.15) is 11.6 Å². The van der Waals surface area contributed by atoms with E-state index in [4.69, 9.17) is 15.0 Å². The number of carbonyl (C=O) groups excluding carboxylic acids is 1. The molecule has 4 heterocycles. The number of piperazine rings is 1. The molecule has 0 radical (unpaired) electrons. The van der Waals surface area contributed by atoms with Crippen LogP contribution in [0.1, 0.15) is 35.8 Å². The normalized spacial score (nSPS) is 13.6. The van der Waals surface area contributed by atoms with Gasteiger partial charge in [0.25, 0.3) is 0 Å². The van der Waals surface area contributed by atoms with Crippen molar-refractivity contribution in [3.63, 3.8) is 0 Å². The van der Waals surface area contributed by atoms with Gasteiger partial charge in [0.05, 0.1) is 31.9 Å². The van der Waals surface area contributed by atoms with Crippen LogP contribution in [0.25, 0.3) is 21.8 Å². The Morgan fingerprint density at radius 1 is 0.891 bits per heavy atom. The van der Waals surface area contributed by atoms with Crippen LogP contribution in [0.2, 0.25) is 0 Å². The zero-order chi connectivity index (χ0) is 32.1. The predicted molar refractivity (Wildman–Crippen MR) is 182 cm³/mol. The van der Waals surface area contributed by atoms with Crippen LogP contribution >= 0.6 is 11.3 Å². The summed E-state index contributed by atoms with van der Waals surface area (Å²) in [5.74, 6) is 1.75. The zero-order valence-electron chi connectivity index (χ0n) is 26.0. The van der Waals surface area contributed by atoms with E-state index in [2.05, 4.69) is 22.9 Å². The molecular formula is C35H36N6O3S2. The maximum Gasteiger partial charge on any atom is 0.219 e. The van der Waals surface area contributed by atoms with Gasteiger partial charge in [-0.25, -0.2) is 28.4 Å². The molecule has 1 amide bonds. The third-order valence-electron chi connectivity index (χ3n) is 8.09. The molecule has 0 saturated carbocycles. The fraction of sp³-hybridized carbons (Fsp3) is 0.286. The molecule has 0 spiro atoms. The molecule has 3 aromatic heterocycles. The number of rotatable bonds is 10. The molecule has 1 aliphatic rings. The van der Waals surface area contributed by atoms with Crippen molar-refractivity contribution in [3.05, 3.63) is 107 Å². The Bertz CT molecular complexity index is 1920. The summed E-state index contributed by atoms with van der Waals surface area (Å²) in [6, 6.07) is 22.6. The van der Waals surface area contributed by atoms with Crippen molar-refractivity contribution in [2.24, 2.45) is 0 Å². The fourth-order valence-corrected chi connectivity index (χ4v) is 7.82. The van der Waals surface area contributed by atoms with Gasteiger partial charge in [0, 0.05) is 57.5 Å². The van der Waals surface area contributed by atoms with E-state index in [-0.39, 0.29) is 11.7 Å². The minimum absolute atomic E-state index is 0.0339. The van der Waals surface area contributed by atoms with Crippen LogP contribution in [-0.2, 0) is 33.9 Å². The summed E-state index contributed by atoms with van der Waals surface area (Å²) >= 11 is 1.62. The van der Waals surface area contributed by atoms with Crippen molar-refractivity contribution in [2.75, 3.05) is 36.8 Å². The number of sulfone groups is 1. The lowest BCUT2D eigenvalue weighted by molar-refractivity contribution is -0.129. The number of thiazole rings is 1. The van der Waals surface area contributed by atoms with Gasteiger partial charge in [-0.2, -0.15) is 0 Å². The Labute approximate surface area is 273 Å². The SMILES string of the molecule is CCc1nc(-c2cccc(CCS(=O)(=O)c3ccccc3)c2)c(-c2ccnc(Cc3ccc(N4CCN(C(C)=O)CC4)nc3)n2)s1. The van der Waals surface area contributed by atoms with Gasteiger partial charge in [-0.15, -0.1) is 11.3 Å². The Morgan fingerprint density at radius 2 is 1.70 bits per heavy atom. The van der Waals surface area contributed by atoms with Gasteiger partial charge in [-0.3, -0.25) is 4.79 Å². The number of aromatic nitrogens is 4. The number of hydrogen-bond acceptors (Lipinski definition) is 9. The molecule has 1 aliphatic heterocycles. The van der Waals surface area contributed by atoms with Gasteiger partial charge >= 0.3 is 0 Å². The molecule has 0 N–H and O–H groups in total. The van der Waals surface area contributed by atoms with E-state index in [1.165, 1.54) is 0 Å². The molecular weight excluding hydrogens is 617 g/mol. The molecule has 0 unspecified atom stereocenters. The number of anilines is 1. The number of hydrogen-bond donors (Lipinski definition) is 0.